The summed E-state index contributed by atoms with van der Waals surface area (Å²) in [5, 5.41) is 3.56. The highest BCUT2D eigenvalue weighted by Crippen LogP contribution is 2.48. The molecule has 3 aromatic rings. The van der Waals surface area contributed by atoms with Gasteiger partial charge in [-0.2, -0.15) is 23.1 Å². The molecule has 4 fully saturated rings. The molecule has 7 rings (SSSR count). The summed E-state index contributed by atoms with van der Waals surface area (Å²) in [4.78, 5) is 17.1. The van der Waals surface area contributed by atoms with E-state index in [-0.39, 0.29) is 57.4 Å². The van der Waals surface area contributed by atoms with Gasteiger partial charge in [0.1, 0.15) is 23.3 Å². The first-order valence-corrected chi connectivity index (χ1v) is 15.3. The van der Waals surface area contributed by atoms with Gasteiger partial charge in [0.25, 0.3) is 0 Å². The Balaban J connectivity index is 1.32. The molecule has 3 saturated heterocycles. The molecule has 1 aromatic carbocycles. The zero-order valence-electron chi connectivity index (χ0n) is 24.2. The fourth-order valence-electron chi connectivity index (χ4n) is 7.04. The number of rotatable bonds is 7. The maximum atomic E-state index is 16.6. The molecule has 5 heterocycles. The van der Waals surface area contributed by atoms with Crippen molar-refractivity contribution in [1.82, 2.24) is 25.2 Å². The molecule has 2 unspecified atom stereocenters. The second-order valence-electron chi connectivity index (χ2n) is 12.8. The number of likely N-dealkylation sites (tertiary alicyclic amines) is 1. The SMILES string of the molecule is Cc1cc(N)nc(-c2c(Cl)cc3c(N4CC5CCC(C4)N5)nc(OCC4(CN5CC[C@H](F)C5)CC4)nc3c2F)c1C(F)(F)F. The van der Waals surface area contributed by atoms with Gasteiger partial charge in [0.05, 0.1) is 28.5 Å². The zero-order valence-corrected chi connectivity index (χ0v) is 24.9. The molecule has 0 amide bonds. The molecule has 44 heavy (non-hydrogen) atoms. The van der Waals surface area contributed by atoms with Crippen molar-refractivity contribution in [3.63, 3.8) is 0 Å². The normalized spacial score (nSPS) is 24.8. The molecule has 3 N–H and O–H groups in total. The molecule has 3 atom stereocenters. The van der Waals surface area contributed by atoms with E-state index in [1.165, 1.54) is 13.0 Å². The highest BCUT2D eigenvalue weighted by Gasteiger charge is 2.46. The van der Waals surface area contributed by atoms with E-state index < -0.39 is 35.0 Å². The van der Waals surface area contributed by atoms with Gasteiger partial charge in [-0.25, -0.2) is 13.8 Å². The summed E-state index contributed by atoms with van der Waals surface area (Å²) in [6.07, 6.45) is -1.37. The van der Waals surface area contributed by atoms with Crippen LogP contribution >= 0.6 is 11.6 Å². The monoisotopic (exact) mass is 637 g/mol. The molecule has 1 saturated carbocycles. The van der Waals surface area contributed by atoms with Gasteiger partial charge in [-0.05, 0) is 56.7 Å². The lowest BCUT2D eigenvalue weighted by Crippen LogP contribution is -2.51. The summed E-state index contributed by atoms with van der Waals surface area (Å²) < 4.78 is 79.1. The molecule has 4 aliphatic rings. The Hall–Kier alpha value is -3.03. The van der Waals surface area contributed by atoms with Crippen molar-refractivity contribution >= 4 is 34.1 Å². The van der Waals surface area contributed by atoms with Gasteiger partial charge in [-0.1, -0.05) is 11.6 Å². The number of nitrogens with zero attached hydrogens (tertiary/aromatic N) is 5. The number of nitrogen functional groups attached to an aromatic ring is 1. The molecule has 1 aliphatic carbocycles. The van der Waals surface area contributed by atoms with Crippen LogP contribution in [0.3, 0.4) is 0 Å². The van der Waals surface area contributed by atoms with Crippen LogP contribution < -0.4 is 20.7 Å². The smallest absolute Gasteiger partial charge is 0.418 e. The number of anilines is 2. The Morgan fingerprint density at radius 1 is 1.09 bits per heavy atom. The highest BCUT2D eigenvalue weighted by atomic mass is 35.5. The van der Waals surface area contributed by atoms with E-state index in [2.05, 4.69) is 20.2 Å². The number of aromatic nitrogens is 3. The van der Waals surface area contributed by atoms with E-state index >= 15 is 4.39 Å². The lowest BCUT2D eigenvalue weighted by Gasteiger charge is -2.34. The van der Waals surface area contributed by atoms with Gasteiger partial charge in [-0.15, -0.1) is 0 Å². The lowest BCUT2D eigenvalue weighted by atomic mass is 9.99. The van der Waals surface area contributed by atoms with Crippen LogP contribution in [0.1, 0.15) is 43.2 Å². The van der Waals surface area contributed by atoms with Gasteiger partial charge in [0.2, 0.25) is 0 Å². The van der Waals surface area contributed by atoms with Gasteiger partial charge in [0.15, 0.2) is 5.82 Å². The molecule has 3 aliphatic heterocycles. The van der Waals surface area contributed by atoms with E-state index in [0.717, 1.165) is 31.7 Å². The number of alkyl halides is 4. The minimum atomic E-state index is -4.84. The topological polar surface area (TPSA) is 92.4 Å². The Labute approximate surface area is 256 Å². The summed E-state index contributed by atoms with van der Waals surface area (Å²) >= 11 is 6.57. The number of piperazine rings is 1. The first-order chi connectivity index (χ1) is 20.9. The predicted molar refractivity (Wildman–Crippen MR) is 157 cm³/mol. The lowest BCUT2D eigenvalue weighted by molar-refractivity contribution is -0.137. The third-order valence-electron chi connectivity index (χ3n) is 9.35. The Bertz CT molecular complexity index is 1610. The largest absolute Gasteiger partial charge is 0.463 e. The first kappa shape index (κ1) is 29.7. The third kappa shape index (κ3) is 5.51. The number of hydrogen-bond acceptors (Lipinski definition) is 8. The number of ether oxygens (including phenoxy) is 1. The summed E-state index contributed by atoms with van der Waals surface area (Å²) in [5.41, 5.74) is 2.88. The predicted octanol–water partition coefficient (Wildman–Crippen LogP) is 5.54. The molecule has 236 valence electrons. The van der Waals surface area contributed by atoms with Gasteiger partial charge >= 0.3 is 12.2 Å². The van der Waals surface area contributed by atoms with Gasteiger partial charge < -0.3 is 20.7 Å². The van der Waals surface area contributed by atoms with Crippen molar-refractivity contribution in [3.8, 4) is 17.3 Å². The number of hydrogen-bond donors (Lipinski definition) is 2. The average molecular weight is 638 g/mol. The maximum absolute atomic E-state index is 16.6. The number of fused-ring (bicyclic) bond motifs is 3. The van der Waals surface area contributed by atoms with Crippen LogP contribution in [-0.4, -0.2) is 77.4 Å². The van der Waals surface area contributed by atoms with Crippen LogP contribution in [0.25, 0.3) is 22.2 Å². The Morgan fingerprint density at radius 2 is 1.82 bits per heavy atom. The first-order valence-electron chi connectivity index (χ1n) is 14.9. The number of aryl methyl sites for hydroxylation is 1. The molecule has 2 aromatic heterocycles. The molecule has 0 radical (unpaired) electrons. The minimum absolute atomic E-state index is 0.0747. The molecule has 14 heteroatoms. The van der Waals surface area contributed by atoms with Crippen LogP contribution in [0.5, 0.6) is 6.01 Å². The summed E-state index contributed by atoms with van der Waals surface area (Å²) in [7, 11) is 0. The standard InChI is InChI=1S/C30H33ClF5N7O/c1-15-8-21(37)39-26(23(15)30(34,35)36)22-20(31)9-19-25(24(22)33)40-28(41-27(19)43-11-17-2-3-18(12-43)38-17)44-14-29(5-6-29)13-42-7-4-16(32)10-42/h8-9,16-18,38H,2-7,10-14H2,1H3,(H2,37,39)/t16-,17?,18?/m0/s1. The minimum Gasteiger partial charge on any atom is -0.463 e. The quantitative estimate of drug-likeness (QED) is 0.327. The number of pyridine rings is 1. The molecular formula is C30H33ClF5N7O. The van der Waals surface area contributed by atoms with Gasteiger partial charge in [0, 0.05) is 55.6 Å². The molecule has 0 spiro atoms. The Morgan fingerprint density at radius 3 is 2.45 bits per heavy atom. The Kier molecular flexibility index (Phi) is 7.28. The van der Waals surface area contributed by atoms with E-state index in [0.29, 0.717) is 45.0 Å². The van der Waals surface area contributed by atoms with Crippen molar-refractivity contribution in [2.24, 2.45) is 5.41 Å². The fourth-order valence-corrected chi connectivity index (χ4v) is 7.32. The molecular weight excluding hydrogens is 605 g/mol. The van der Waals surface area contributed by atoms with Crippen LogP contribution in [0, 0.1) is 18.2 Å². The molecule has 2 bridgehead atoms. The van der Waals surface area contributed by atoms with Crippen molar-refractivity contribution in [3.05, 3.63) is 34.1 Å². The number of nitrogens with two attached hydrogens (primary N) is 1. The molecule has 8 nitrogen and oxygen atoms in total. The second-order valence-corrected chi connectivity index (χ2v) is 13.2. The summed E-state index contributed by atoms with van der Waals surface area (Å²) in [6, 6.07) is 2.88. The third-order valence-corrected chi connectivity index (χ3v) is 9.65. The highest BCUT2D eigenvalue weighted by molar-refractivity contribution is 6.34. The number of nitrogens with one attached hydrogen (secondary N) is 1. The average Bonchev–Trinajstić information content (AvgIpc) is 3.46. The van der Waals surface area contributed by atoms with Crippen LogP contribution in [-0.2, 0) is 6.18 Å². The fraction of sp³-hybridized carbons (Fsp3) is 0.567. The summed E-state index contributed by atoms with van der Waals surface area (Å²) in [6.45, 7) is 4.50. The van der Waals surface area contributed by atoms with Crippen LogP contribution in [0.2, 0.25) is 5.02 Å². The van der Waals surface area contributed by atoms with E-state index in [4.69, 9.17) is 27.1 Å². The van der Waals surface area contributed by atoms with E-state index in [1.54, 1.807) is 0 Å². The number of benzene rings is 1. The van der Waals surface area contributed by atoms with E-state index in [1.807, 2.05) is 4.90 Å². The number of halogens is 6. The van der Waals surface area contributed by atoms with Crippen LogP contribution in [0.15, 0.2) is 12.1 Å². The van der Waals surface area contributed by atoms with Crippen molar-refractivity contribution in [1.29, 1.82) is 0 Å². The maximum Gasteiger partial charge on any atom is 0.418 e. The summed E-state index contributed by atoms with van der Waals surface area (Å²) in [5.74, 6) is -0.848. The second kappa shape index (κ2) is 10.8. The zero-order chi connectivity index (χ0) is 31.0. The van der Waals surface area contributed by atoms with E-state index in [9.17, 15) is 17.6 Å². The van der Waals surface area contributed by atoms with Crippen molar-refractivity contribution < 1.29 is 26.7 Å². The van der Waals surface area contributed by atoms with Crippen LogP contribution in [0.4, 0.5) is 33.6 Å². The van der Waals surface area contributed by atoms with Crippen molar-refractivity contribution in [2.75, 3.05) is 50.0 Å². The van der Waals surface area contributed by atoms with Crippen molar-refractivity contribution in [2.45, 2.75) is 63.5 Å². The van der Waals surface area contributed by atoms with Gasteiger partial charge in [-0.3, -0.25) is 4.90 Å².